The largest absolute Gasteiger partial charge is 0.419 e. The quantitative estimate of drug-likeness (QED) is 0.538. The molecule has 2 nitrogen and oxygen atoms in total. The Labute approximate surface area is 59.2 Å². The average Bonchev–Trinajstić information content (AvgIpc) is 1.94. The summed E-state index contributed by atoms with van der Waals surface area (Å²) in [5.41, 5.74) is 0. The lowest BCUT2D eigenvalue weighted by atomic mass is 10.3. The highest BCUT2D eigenvalue weighted by Gasteiger charge is 1.77. The molecule has 0 aliphatic heterocycles. The van der Waals surface area contributed by atoms with E-state index in [9.17, 15) is 0 Å². The molecule has 1 rings (SSSR count). The minimum absolute atomic E-state index is 0.907. The van der Waals surface area contributed by atoms with E-state index in [-0.39, 0.29) is 0 Å². The summed E-state index contributed by atoms with van der Waals surface area (Å²) in [4.78, 5) is 4.34. The van der Waals surface area contributed by atoms with Gasteiger partial charge in [0.2, 0.25) is 0 Å². The second kappa shape index (κ2) is 3.03. The van der Waals surface area contributed by atoms with Crippen molar-refractivity contribution in [2.24, 2.45) is 5.90 Å². The second-order valence-corrected chi connectivity index (χ2v) is 1.95. The van der Waals surface area contributed by atoms with E-state index in [0.29, 0.717) is 0 Å². The third-order valence-corrected chi connectivity index (χ3v) is 1.25. The molecule has 0 aromatic heterocycles. The summed E-state index contributed by atoms with van der Waals surface area (Å²) in [6.07, 6.45) is 1.46. The van der Waals surface area contributed by atoms with Crippen LogP contribution < -0.4 is 16.3 Å². The SMILES string of the molecule is C=c1cccc/c1=C/ON. The van der Waals surface area contributed by atoms with Gasteiger partial charge < -0.3 is 4.84 Å². The molecule has 10 heavy (non-hydrogen) atoms. The molecular weight excluding hydrogens is 126 g/mol. The first-order chi connectivity index (χ1) is 4.84. The summed E-state index contributed by atoms with van der Waals surface area (Å²) in [5, 5.41) is 1.82. The number of benzene rings is 1. The van der Waals surface area contributed by atoms with Crippen LogP contribution in [-0.2, 0) is 4.84 Å². The Balaban J connectivity index is 3.29. The van der Waals surface area contributed by atoms with Gasteiger partial charge in [-0.25, -0.2) is 0 Å². The zero-order valence-corrected chi connectivity index (χ0v) is 5.58. The molecule has 2 N–H and O–H groups in total. The van der Waals surface area contributed by atoms with E-state index in [1.807, 2.05) is 24.3 Å². The van der Waals surface area contributed by atoms with E-state index in [1.54, 1.807) is 0 Å². The second-order valence-electron chi connectivity index (χ2n) is 1.95. The van der Waals surface area contributed by atoms with Crippen molar-refractivity contribution < 1.29 is 4.84 Å². The van der Waals surface area contributed by atoms with Gasteiger partial charge in [0.05, 0.1) is 0 Å². The van der Waals surface area contributed by atoms with Crippen molar-refractivity contribution in [1.82, 2.24) is 0 Å². The fraction of sp³-hybridized carbons (Fsp3) is 0. The van der Waals surface area contributed by atoms with Crippen molar-refractivity contribution in [3.63, 3.8) is 0 Å². The van der Waals surface area contributed by atoms with Crippen LogP contribution in [0.25, 0.3) is 12.8 Å². The van der Waals surface area contributed by atoms with Gasteiger partial charge >= 0.3 is 0 Å². The maximum absolute atomic E-state index is 4.85. The van der Waals surface area contributed by atoms with Crippen molar-refractivity contribution in [2.45, 2.75) is 0 Å². The molecule has 0 aliphatic carbocycles. The molecule has 0 atom stereocenters. The lowest BCUT2D eigenvalue weighted by Crippen LogP contribution is -2.22. The van der Waals surface area contributed by atoms with Crippen LogP contribution in [0.5, 0.6) is 0 Å². The maximum Gasteiger partial charge on any atom is 0.118 e. The predicted octanol–water partition coefficient (Wildman–Crippen LogP) is -0.275. The lowest BCUT2D eigenvalue weighted by molar-refractivity contribution is 0.309. The summed E-state index contributed by atoms with van der Waals surface area (Å²) in [7, 11) is 0. The Kier molecular flexibility index (Phi) is 2.07. The van der Waals surface area contributed by atoms with Crippen molar-refractivity contribution in [2.75, 3.05) is 0 Å². The van der Waals surface area contributed by atoms with Crippen LogP contribution >= 0.6 is 0 Å². The van der Waals surface area contributed by atoms with Crippen LogP contribution in [0, 0.1) is 0 Å². The highest BCUT2D eigenvalue weighted by atomic mass is 16.6. The number of hydrogen-bond donors (Lipinski definition) is 1. The van der Waals surface area contributed by atoms with Gasteiger partial charge in [-0.2, -0.15) is 5.90 Å². The highest BCUT2D eigenvalue weighted by molar-refractivity contribution is 5.20. The summed E-state index contributed by atoms with van der Waals surface area (Å²) in [6, 6.07) is 7.59. The molecule has 52 valence electrons. The molecule has 0 amide bonds. The van der Waals surface area contributed by atoms with Crippen LogP contribution in [0.15, 0.2) is 24.3 Å². The monoisotopic (exact) mass is 135 g/mol. The van der Waals surface area contributed by atoms with Gasteiger partial charge in [0.1, 0.15) is 6.26 Å². The molecular formula is C8H9NO. The third kappa shape index (κ3) is 1.36. The zero-order chi connectivity index (χ0) is 7.40. The molecule has 0 bridgehead atoms. The van der Waals surface area contributed by atoms with Crippen LogP contribution in [-0.4, -0.2) is 0 Å². The topological polar surface area (TPSA) is 35.2 Å². The van der Waals surface area contributed by atoms with E-state index in [4.69, 9.17) is 5.90 Å². The lowest BCUT2D eigenvalue weighted by Gasteiger charge is -1.86. The van der Waals surface area contributed by atoms with Crippen molar-refractivity contribution >= 4 is 12.8 Å². The average molecular weight is 135 g/mol. The van der Waals surface area contributed by atoms with Crippen molar-refractivity contribution in [1.29, 1.82) is 0 Å². The summed E-state index contributed by atoms with van der Waals surface area (Å²) in [5.74, 6) is 4.85. The Morgan fingerprint density at radius 2 is 2.10 bits per heavy atom. The Morgan fingerprint density at radius 1 is 1.40 bits per heavy atom. The third-order valence-electron chi connectivity index (χ3n) is 1.25. The van der Waals surface area contributed by atoms with Crippen molar-refractivity contribution in [3.8, 4) is 0 Å². The van der Waals surface area contributed by atoms with Gasteiger partial charge in [0, 0.05) is 5.22 Å². The molecule has 0 radical (unpaired) electrons. The molecule has 0 spiro atoms. The molecule has 1 aromatic carbocycles. The molecule has 0 aliphatic rings. The minimum Gasteiger partial charge on any atom is -0.419 e. The van der Waals surface area contributed by atoms with Gasteiger partial charge in [0.15, 0.2) is 0 Å². The Morgan fingerprint density at radius 3 is 2.70 bits per heavy atom. The number of nitrogens with two attached hydrogens (primary N) is 1. The van der Waals surface area contributed by atoms with Crippen LogP contribution in [0.4, 0.5) is 0 Å². The van der Waals surface area contributed by atoms with Gasteiger partial charge in [-0.3, -0.25) is 0 Å². The van der Waals surface area contributed by atoms with Gasteiger partial charge in [-0.05, 0) is 5.22 Å². The van der Waals surface area contributed by atoms with E-state index in [1.165, 1.54) is 6.26 Å². The van der Waals surface area contributed by atoms with Crippen LogP contribution in [0.1, 0.15) is 0 Å². The Hall–Kier alpha value is -1.28. The summed E-state index contributed by atoms with van der Waals surface area (Å²) in [6.45, 7) is 3.77. The molecule has 0 heterocycles. The molecule has 0 saturated carbocycles. The molecule has 2 heteroatoms. The van der Waals surface area contributed by atoms with Gasteiger partial charge in [-0.1, -0.05) is 30.8 Å². The Bertz CT molecular complexity index is 305. The number of hydrogen-bond acceptors (Lipinski definition) is 2. The highest BCUT2D eigenvalue weighted by Crippen LogP contribution is 1.69. The van der Waals surface area contributed by atoms with Crippen LogP contribution in [0.3, 0.4) is 0 Å². The first kappa shape index (κ1) is 6.83. The summed E-state index contributed by atoms with van der Waals surface area (Å²) < 4.78 is 0. The van der Waals surface area contributed by atoms with E-state index in [2.05, 4.69) is 11.4 Å². The fourth-order valence-electron chi connectivity index (χ4n) is 0.722. The molecule has 0 fully saturated rings. The predicted molar refractivity (Wildman–Crippen MR) is 41.0 cm³/mol. The number of rotatable bonds is 1. The van der Waals surface area contributed by atoms with Crippen LogP contribution in [0.2, 0.25) is 0 Å². The molecule has 0 unspecified atom stereocenters. The summed E-state index contributed by atoms with van der Waals surface area (Å²) >= 11 is 0. The standard InChI is InChI=1S/C8H9NO/c1-7-4-2-3-5-8(7)6-10-9/h2-6H,1,9H2/b8-6-. The van der Waals surface area contributed by atoms with Crippen molar-refractivity contribution in [3.05, 3.63) is 34.7 Å². The van der Waals surface area contributed by atoms with Gasteiger partial charge in [-0.15, -0.1) is 0 Å². The van der Waals surface area contributed by atoms with E-state index < -0.39 is 0 Å². The van der Waals surface area contributed by atoms with E-state index in [0.717, 1.165) is 10.4 Å². The normalized spacial score (nSPS) is 11.5. The van der Waals surface area contributed by atoms with Gasteiger partial charge in [0.25, 0.3) is 0 Å². The smallest absolute Gasteiger partial charge is 0.118 e. The van der Waals surface area contributed by atoms with E-state index >= 15 is 0 Å². The molecule has 0 saturated heterocycles. The zero-order valence-electron chi connectivity index (χ0n) is 5.58. The first-order valence-corrected chi connectivity index (χ1v) is 2.94. The molecule has 1 aromatic rings. The fourth-order valence-corrected chi connectivity index (χ4v) is 0.722. The minimum atomic E-state index is 0.907. The first-order valence-electron chi connectivity index (χ1n) is 2.94. The maximum atomic E-state index is 4.85.